The van der Waals surface area contributed by atoms with E-state index in [9.17, 15) is 0 Å². The Hall–Kier alpha value is -3.56. The van der Waals surface area contributed by atoms with Gasteiger partial charge in [0.2, 0.25) is 0 Å². The Kier molecular flexibility index (Phi) is 4.37. The van der Waals surface area contributed by atoms with Gasteiger partial charge in [-0.05, 0) is 33.7 Å². The van der Waals surface area contributed by atoms with Gasteiger partial charge in [-0.15, -0.1) is 0 Å². The molecule has 0 radical (unpaired) electrons. The molecule has 130 valence electrons. The molecule has 3 N–H and O–H groups in total. The van der Waals surface area contributed by atoms with Crippen molar-refractivity contribution in [2.75, 3.05) is 0 Å². The van der Waals surface area contributed by atoms with Gasteiger partial charge in [0.1, 0.15) is 0 Å². The maximum absolute atomic E-state index is 4.86. The second kappa shape index (κ2) is 6.98. The van der Waals surface area contributed by atoms with Crippen molar-refractivity contribution in [3.05, 3.63) is 97.2 Å². The Morgan fingerprint density at radius 1 is 0.593 bits per heavy atom. The Bertz CT molecular complexity index is 1240. The minimum Gasteiger partial charge on any atom is -0.344 e. The highest BCUT2D eigenvalue weighted by molar-refractivity contribution is 5.96. The fourth-order valence-corrected chi connectivity index (χ4v) is 3.42. The van der Waals surface area contributed by atoms with Gasteiger partial charge in [0, 0.05) is 17.3 Å². The Labute approximate surface area is 157 Å². The van der Waals surface area contributed by atoms with Crippen molar-refractivity contribution in [2.24, 2.45) is 0 Å². The van der Waals surface area contributed by atoms with E-state index in [1.54, 1.807) is 0 Å². The summed E-state index contributed by atoms with van der Waals surface area (Å²) in [5, 5.41) is 4.85. The first-order valence-electron chi connectivity index (χ1n) is 8.69. The zero-order valence-electron chi connectivity index (χ0n) is 14.8. The summed E-state index contributed by atoms with van der Waals surface area (Å²) < 4.78 is 0. The second-order valence-corrected chi connectivity index (χ2v) is 6.35. The Morgan fingerprint density at radius 2 is 1.33 bits per heavy atom. The van der Waals surface area contributed by atoms with E-state index in [0.717, 1.165) is 22.6 Å². The first-order valence-corrected chi connectivity index (χ1v) is 8.69. The molecule has 5 rings (SSSR count). The molecule has 0 fully saturated rings. The summed E-state index contributed by atoms with van der Waals surface area (Å²) in [6.07, 6.45) is 1.84. The number of hydrogen-bond donors (Lipinski definition) is 1. The monoisotopic (exact) mass is 349 g/mol. The molecule has 0 saturated carbocycles. The molecule has 0 bridgehead atoms. The number of fused-ring (bicyclic) bond motifs is 2. The number of hydrogen-bond acceptors (Lipinski definition) is 3. The molecule has 1 aromatic heterocycles. The molecule has 0 aliphatic rings. The Balaban J connectivity index is 0.00000180. The molecule has 0 saturated heterocycles. The van der Waals surface area contributed by atoms with Crippen LogP contribution in [0.2, 0.25) is 0 Å². The molecule has 0 spiro atoms. The molecule has 0 aliphatic heterocycles. The number of nitrogens with zero attached hydrogens (tertiary/aromatic N) is 2. The van der Waals surface area contributed by atoms with Crippen LogP contribution in [0, 0.1) is 0 Å². The van der Waals surface area contributed by atoms with Gasteiger partial charge < -0.3 is 6.15 Å². The lowest BCUT2D eigenvalue weighted by Gasteiger charge is -2.08. The molecular weight excluding hydrogens is 330 g/mol. The standard InChI is InChI=1S/C24H16N2.H3N/c1-2-8-19-16-20(13-12-17(19)6-1)24-25-15-14-23(26-24)22-11-5-9-18-7-3-4-10-21(18)22;/h1-16H;1H3. The van der Waals surface area contributed by atoms with Gasteiger partial charge in [0.15, 0.2) is 5.82 Å². The van der Waals surface area contributed by atoms with Crippen LogP contribution in [-0.4, -0.2) is 9.97 Å². The predicted octanol–water partition coefficient (Wildman–Crippen LogP) is 6.28. The second-order valence-electron chi connectivity index (χ2n) is 6.35. The van der Waals surface area contributed by atoms with Crippen molar-refractivity contribution < 1.29 is 0 Å². The van der Waals surface area contributed by atoms with E-state index < -0.39 is 0 Å². The van der Waals surface area contributed by atoms with Crippen molar-refractivity contribution in [1.29, 1.82) is 0 Å². The van der Waals surface area contributed by atoms with Crippen LogP contribution in [0.1, 0.15) is 0 Å². The lowest BCUT2D eigenvalue weighted by atomic mass is 10.0. The summed E-state index contributed by atoms with van der Waals surface area (Å²) in [5.41, 5.74) is 3.11. The van der Waals surface area contributed by atoms with Gasteiger partial charge in [-0.25, -0.2) is 9.97 Å². The third kappa shape index (κ3) is 3.05. The van der Waals surface area contributed by atoms with E-state index in [1.165, 1.54) is 21.5 Å². The topological polar surface area (TPSA) is 60.8 Å². The van der Waals surface area contributed by atoms with Crippen LogP contribution >= 0.6 is 0 Å². The van der Waals surface area contributed by atoms with Crippen molar-refractivity contribution in [3.63, 3.8) is 0 Å². The third-order valence-corrected chi connectivity index (χ3v) is 4.73. The van der Waals surface area contributed by atoms with Gasteiger partial charge in [-0.2, -0.15) is 0 Å². The third-order valence-electron chi connectivity index (χ3n) is 4.73. The van der Waals surface area contributed by atoms with Crippen molar-refractivity contribution in [2.45, 2.75) is 0 Å². The number of benzene rings is 4. The van der Waals surface area contributed by atoms with Gasteiger partial charge in [-0.3, -0.25) is 0 Å². The van der Waals surface area contributed by atoms with Crippen LogP contribution in [0.25, 0.3) is 44.2 Å². The fourth-order valence-electron chi connectivity index (χ4n) is 3.42. The van der Waals surface area contributed by atoms with E-state index in [-0.39, 0.29) is 6.15 Å². The van der Waals surface area contributed by atoms with Crippen molar-refractivity contribution >= 4 is 21.5 Å². The fraction of sp³-hybridized carbons (Fsp3) is 0. The molecule has 3 heteroatoms. The molecule has 4 aromatic carbocycles. The highest BCUT2D eigenvalue weighted by Gasteiger charge is 2.08. The van der Waals surface area contributed by atoms with Crippen LogP contribution < -0.4 is 6.15 Å². The summed E-state index contributed by atoms with van der Waals surface area (Å²) in [7, 11) is 0. The lowest BCUT2D eigenvalue weighted by Crippen LogP contribution is -1.92. The van der Waals surface area contributed by atoms with Gasteiger partial charge >= 0.3 is 0 Å². The van der Waals surface area contributed by atoms with Crippen LogP contribution in [0.3, 0.4) is 0 Å². The lowest BCUT2D eigenvalue weighted by molar-refractivity contribution is 1.18. The van der Waals surface area contributed by atoms with E-state index in [1.807, 2.05) is 12.3 Å². The number of aromatic nitrogens is 2. The highest BCUT2D eigenvalue weighted by atomic mass is 14.9. The molecule has 5 aromatic rings. The Morgan fingerprint density at radius 3 is 2.22 bits per heavy atom. The van der Waals surface area contributed by atoms with Gasteiger partial charge in [-0.1, -0.05) is 78.9 Å². The van der Waals surface area contributed by atoms with Crippen LogP contribution in [0.5, 0.6) is 0 Å². The maximum atomic E-state index is 4.86. The van der Waals surface area contributed by atoms with Crippen LogP contribution in [0.15, 0.2) is 97.2 Å². The molecular formula is C24H19N3. The summed E-state index contributed by atoms with van der Waals surface area (Å²) in [4.78, 5) is 9.37. The normalized spacial score (nSPS) is 10.7. The van der Waals surface area contributed by atoms with Crippen molar-refractivity contribution in [1.82, 2.24) is 16.1 Å². The first-order chi connectivity index (χ1) is 12.9. The van der Waals surface area contributed by atoms with Crippen LogP contribution in [0.4, 0.5) is 0 Å². The van der Waals surface area contributed by atoms with E-state index >= 15 is 0 Å². The van der Waals surface area contributed by atoms with Crippen molar-refractivity contribution in [3.8, 4) is 22.6 Å². The quantitative estimate of drug-likeness (QED) is 0.408. The first kappa shape index (κ1) is 16.9. The van der Waals surface area contributed by atoms with Crippen LogP contribution in [-0.2, 0) is 0 Å². The molecule has 27 heavy (non-hydrogen) atoms. The minimum atomic E-state index is 0. The molecule has 3 nitrogen and oxygen atoms in total. The summed E-state index contributed by atoms with van der Waals surface area (Å²) in [6, 6.07) is 31.4. The highest BCUT2D eigenvalue weighted by Crippen LogP contribution is 2.29. The molecule has 0 unspecified atom stereocenters. The maximum Gasteiger partial charge on any atom is 0.159 e. The number of rotatable bonds is 2. The van der Waals surface area contributed by atoms with E-state index in [4.69, 9.17) is 4.98 Å². The minimum absolute atomic E-state index is 0. The molecule has 1 heterocycles. The zero-order valence-corrected chi connectivity index (χ0v) is 14.8. The van der Waals surface area contributed by atoms with E-state index in [2.05, 4.69) is 89.9 Å². The zero-order chi connectivity index (χ0) is 17.3. The SMILES string of the molecule is N.c1ccc2cc(-c3nccc(-c4cccc5ccccc45)n3)ccc2c1. The summed E-state index contributed by atoms with van der Waals surface area (Å²) in [6.45, 7) is 0. The molecule has 0 atom stereocenters. The van der Waals surface area contributed by atoms with Gasteiger partial charge in [0.05, 0.1) is 5.69 Å². The van der Waals surface area contributed by atoms with E-state index in [0.29, 0.717) is 0 Å². The summed E-state index contributed by atoms with van der Waals surface area (Å²) in [5.74, 6) is 0.751. The average molecular weight is 349 g/mol. The average Bonchev–Trinajstić information content (AvgIpc) is 2.73. The smallest absolute Gasteiger partial charge is 0.159 e. The van der Waals surface area contributed by atoms with Gasteiger partial charge in [0.25, 0.3) is 0 Å². The largest absolute Gasteiger partial charge is 0.344 e. The molecule has 0 amide bonds. The summed E-state index contributed by atoms with van der Waals surface area (Å²) >= 11 is 0. The molecule has 0 aliphatic carbocycles. The predicted molar refractivity (Wildman–Crippen MR) is 113 cm³/mol.